The number of piperidine rings is 1. The molecule has 2 aliphatic heterocycles. The number of benzene rings is 1. The van der Waals surface area contributed by atoms with Crippen molar-refractivity contribution in [3.8, 4) is 11.5 Å². The number of hydrogen-bond donors (Lipinski definition) is 3. The topological polar surface area (TPSA) is 97.1 Å². The third-order valence-electron chi connectivity index (χ3n) is 5.18. The van der Waals surface area contributed by atoms with Crippen LogP contribution in [0.3, 0.4) is 0 Å². The molecule has 3 rings (SSSR count). The third-order valence-corrected chi connectivity index (χ3v) is 6.00. The largest absolute Gasteiger partial charge is 0.485 e. The second-order valence-corrected chi connectivity index (χ2v) is 7.96. The molecule has 0 unspecified atom stereocenters. The van der Waals surface area contributed by atoms with Gasteiger partial charge in [-0.25, -0.2) is 0 Å². The fourth-order valence-corrected chi connectivity index (χ4v) is 3.96. The van der Waals surface area contributed by atoms with Gasteiger partial charge in [-0.3, -0.25) is 4.79 Å². The van der Waals surface area contributed by atoms with Crippen LogP contribution in [0.4, 0.5) is 5.69 Å². The fraction of sp³-hybridized carbons (Fsp3) is 0.632. The lowest BCUT2D eigenvalue weighted by atomic mass is 9.93. The van der Waals surface area contributed by atoms with Crippen LogP contribution in [0.2, 0.25) is 0 Å². The van der Waals surface area contributed by atoms with E-state index in [1.807, 2.05) is 0 Å². The molecule has 8 heteroatoms. The van der Waals surface area contributed by atoms with Gasteiger partial charge in [0, 0.05) is 19.0 Å². The molecule has 0 saturated carbocycles. The second-order valence-electron chi connectivity index (χ2n) is 7.16. The van der Waals surface area contributed by atoms with Crippen molar-refractivity contribution in [3.63, 3.8) is 0 Å². The molecule has 1 aromatic rings. The predicted octanol–water partition coefficient (Wildman–Crippen LogP) is 2.02. The molecule has 2 heterocycles. The number of unbranched alkanes of at least 4 members (excludes halogenated alkanes) is 1. The normalized spacial score (nSPS) is 22.5. The molecule has 150 valence electrons. The number of β-amino-alcohol motifs (C(OH)–C–C–N with tert-alkyl or cyclic N) is 1. The van der Waals surface area contributed by atoms with Crippen molar-refractivity contribution in [2.45, 2.75) is 32.3 Å². The van der Waals surface area contributed by atoms with Crippen molar-refractivity contribution in [2.75, 3.05) is 45.1 Å². The summed E-state index contributed by atoms with van der Waals surface area (Å²) >= 11 is 3.38. The summed E-state index contributed by atoms with van der Waals surface area (Å²) in [4.78, 5) is 15.0. The van der Waals surface area contributed by atoms with E-state index >= 15 is 0 Å². The average Bonchev–Trinajstić information content (AvgIpc) is 2.68. The van der Waals surface area contributed by atoms with Gasteiger partial charge >= 0.3 is 0 Å². The number of ether oxygens (including phenoxy) is 2. The molecule has 1 saturated heterocycles. The number of fused-ring (bicyclic) bond motifs is 1. The van der Waals surface area contributed by atoms with Gasteiger partial charge in [0.1, 0.15) is 13.2 Å². The molecule has 1 fully saturated rings. The molecule has 2 atom stereocenters. The van der Waals surface area contributed by atoms with Crippen LogP contribution < -0.4 is 20.5 Å². The van der Waals surface area contributed by atoms with Crippen molar-refractivity contribution in [3.05, 3.63) is 16.1 Å². The summed E-state index contributed by atoms with van der Waals surface area (Å²) in [6, 6.07) is 1.59. The van der Waals surface area contributed by atoms with E-state index < -0.39 is 6.10 Å². The Labute approximate surface area is 168 Å². The molecule has 1 aromatic carbocycles. The summed E-state index contributed by atoms with van der Waals surface area (Å²) in [6.07, 6.45) is 2.73. The van der Waals surface area contributed by atoms with Crippen LogP contribution in [0.25, 0.3) is 0 Å². The lowest BCUT2D eigenvalue weighted by molar-refractivity contribution is 0.0217. The lowest BCUT2D eigenvalue weighted by Crippen LogP contribution is -2.47. The van der Waals surface area contributed by atoms with Crippen molar-refractivity contribution >= 4 is 27.5 Å². The molecule has 1 amide bonds. The fourth-order valence-electron chi connectivity index (χ4n) is 3.55. The highest BCUT2D eigenvalue weighted by atomic mass is 79.9. The first-order valence-electron chi connectivity index (χ1n) is 9.57. The number of anilines is 1. The van der Waals surface area contributed by atoms with E-state index in [4.69, 9.17) is 15.2 Å². The molecule has 2 aliphatic rings. The van der Waals surface area contributed by atoms with Crippen molar-refractivity contribution in [1.29, 1.82) is 0 Å². The smallest absolute Gasteiger partial charge is 0.255 e. The van der Waals surface area contributed by atoms with E-state index in [2.05, 4.69) is 33.1 Å². The van der Waals surface area contributed by atoms with Crippen LogP contribution in [-0.2, 0) is 0 Å². The van der Waals surface area contributed by atoms with Gasteiger partial charge in [0.2, 0.25) is 0 Å². The molecular weight excluding hydrogens is 414 g/mol. The lowest BCUT2D eigenvalue weighted by Gasteiger charge is -2.36. The Morgan fingerprint density at radius 1 is 1.41 bits per heavy atom. The van der Waals surface area contributed by atoms with Gasteiger partial charge in [-0.2, -0.15) is 0 Å². The van der Waals surface area contributed by atoms with Gasteiger partial charge < -0.3 is 30.5 Å². The maximum atomic E-state index is 12.7. The summed E-state index contributed by atoms with van der Waals surface area (Å²) in [5.41, 5.74) is 6.78. The number of nitrogens with zero attached hydrogens (tertiary/aromatic N) is 1. The first-order chi connectivity index (χ1) is 13.0. The Bertz CT molecular complexity index is 685. The molecule has 7 nitrogen and oxygen atoms in total. The van der Waals surface area contributed by atoms with E-state index in [-0.39, 0.29) is 11.8 Å². The van der Waals surface area contributed by atoms with Gasteiger partial charge in [0.05, 0.1) is 21.8 Å². The highest BCUT2D eigenvalue weighted by molar-refractivity contribution is 9.10. The first kappa shape index (κ1) is 20.2. The quantitative estimate of drug-likeness (QED) is 0.584. The maximum absolute atomic E-state index is 12.7. The standard InChI is InChI=1S/C19H28BrN3O4/c1-2-3-5-23-6-4-12(15(24)11-23)10-22-19(25)13-9-14(21)16(20)18-17(13)26-7-8-27-18/h9,12,15,24H,2-8,10-11,21H2,1H3,(H,22,25)/t12-,15+/m0/s1. The first-order valence-corrected chi connectivity index (χ1v) is 10.4. The molecular formula is C19H28BrN3O4. The van der Waals surface area contributed by atoms with Crippen LogP contribution in [-0.4, -0.2) is 61.4 Å². The van der Waals surface area contributed by atoms with Crippen LogP contribution in [0.15, 0.2) is 10.5 Å². The molecule has 0 bridgehead atoms. The van der Waals surface area contributed by atoms with Gasteiger partial charge in [-0.1, -0.05) is 13.3 Å². The summed E-state index contributed by atoms with van der Waals surface area (Å²) < 4.78 is 11.9. The van der Waals surface area contributed by atoms with E-state index in [9.17, 15) is 9.90 Å². The minimum absolute atomic E-state index is 0.0487. The maximum Gasteiger partial charge on any atom is 0.255 e. The average molecular weight is 442 g/mol. The predicted molar refractivity (Wildman–Crippen MR) is 107 cm³/mol. The Morgan fingerprint density at radius 3 is 2.85 bits per heavy atom. The minimum Gasteiger partial charge on any atom is -0.485 e. The summed E-state index contributed by atoms with van der Waals surface area (Å²) in [6.45, 7) is 6.04. The summed E-state index contributed by atoms with van der Waals surface area (Å²) in [7, 11) is 0. The zero-order valence-electron chi connectivity index (χ0n) is 15.7. The minimum atomic E-state index is -0.431. The number of halogens is 1. The third kappa shape index (κ3) is 4.67. The second kappa shape index (κ2) is 9.12. The number of carbonyl (C=O) groups excluding carboxylic acids is 1. The number of aliphatic hydroxyl groups is 1. The van der Waals surface area contributed by atoms with Crippen LogP contribution in [0, 0.1) is 5.92 Å². The zero-order chi connectivity index (χ0) is 19.4. The number of carbonyl (C=O) groups is 1. The monoisotopic (exact) mass is 441 g/mol. The van der Waals surface area contributed by atoms with Crippen LogP contribution >= 0.6 is 15.9 Å². The molecule has 0 spiro atoms. The van der Waals surface area contributed by atoms with Crippen LogP contribution in [0.5, 0.6) is 11.5 Å². The Hall–Kier alpha value is -1.51. The highest BCUT2D eigenvalue weighted by Crippen LogP contribution is 2.43. The van der Waals surface area contributed by atoms with E-state index in [1.165, 1.54) is 0 Å². The van der Waals surface area contributed by atoms with Gasteiger partial charge in [0.15, 0.2) is 11.5 Å². The van der Waals surface area contributed by atoms with Gasteiger partial charge in [-0.15, -0.1) is 0 Å². The number of hydrogen-bond acceptors (Lipinski definition) is 6. The van der Waals surface area contributed by atoms with Crippen molar-refractivity contribution < 1.29 is 19.4 Å². The molecule has 27 heavy (non-hydrogen) atoms. The van der Waals surface area contributed by atoms with Gasteiger partial charge in [-0.05, 0) is 47.9 Å². The zero-order valence-corrected chi connectivity index (χ0v) is 17.3. The summed E-state index contributed by atoms with van der Waals surface area (Å²) in [5, 5.41) is 13.4. The number of likely N-dealkylation sites (tertiary alicyclic amines) is 1. The molecule has 4 N–H and O–H groups in total. The number of amides is 1. The number of rotatable bonds is 6. The van der Waals surface area contributed by atoms with E-state index in [0.29, 0.717) is 53.5 Å². The Morgan fingerprint density at radius 2 is 2.15 bits per heavy atom. The molecule has 0 radical (unpaired) electrons. The van der Waals surface area contributed by atoms with E-state index in [0.717, 1.165) is 32.4 Å². The number of aliphatic hydroxyl groups excluding tert-OH is 1. The SMILES string of the molecule is CCCCN1CC[C@@H](CNC(=O)c2cc(N)c(Br)c3c2OCCO3)[C@H](O)C1. The molecule has 0 aromatic heterocycles. The molecule has 0 aliphatic carbocycles. The van der Waals surface area contributed by atoms with Crippen molar-refractivity contribution in [2.24, 2.45) is 5.92 Å². The number of nitrogen functional groups attached to an aromatic ring is 1. The Kier molecular flexibility index (Phi) is 6.83. The van der Waals surface area contributed by atoms with Gasteiger partial charge in [0.25, 0.3) is 5.91 Å². The summed E-state index contributed by atoms with van der Waals surface area (Å²) in [5.74, 6) is 0.662. The number of nitrogens with two attached hydrogens (primary N) is 1. The van der Waals surface area contributed by atoms with Crippen molar-refractivity contribution in [1.82, 2.24) is 10.2 Å². The Balaban J connectivity index is 1.61. The van der Waals surface area contributed by atoms with Crippen LogP contribution in [0.1, 0.15) is 36.5 Å². The van der Waals surface area contributed by atoms with E-state index in [1.54, 1.807) is 6.07 Å². The number of nitrogens with one attached hydrogen (secondary N) is 1. The highest BCUT2D eigenvalue weighted by Gasteiger charge is 2.29.